The number of allylic oxidation sites excluding steroid dienone is 7. The zero-order valence-corrected chi connectivity index (χ0v) is 15.1. The minimum Gasteiger partial charge on any atom is -0.396 e. The van der Waals surface area contributed by atoms with Crippen molar-refractivity contribution in [1.29, 1.82) is 0 Å². The molecule has 4 aliphatic carbocycles. The Hall–Kier alpha value is -1.08. The summed E-state index contributed by atoms with van der Waals surface area (Å²) in [6.45, 7) is 7.05. The minimum atomic E-state index is 0.408. The van der Waals surface area contributed by atoms with Gasteiger partial charge in [0, 0.05) is 12.5 Å². The number of fused-ring (bicyclic) bond motifs is 3. The second kappa shape index (κ2) is 6.67. The molecule has 0 spiro atoms. The summed E-state index contributed by atoms with van der Waals surface area (Å²) in [5.41, 5.74) is 4.40. The first-order valence-electron chi connectivity index (χ1n) is 9.97. The van der Waals surface area contributed by atoms with Gasteiger partial charge in [-0.05, 0) is 87.0 Å². The average Bonchev–Trinajstić information content (AvgIpc) is 3.14. The molecular formula is C23H32O. The van der Waals surface area contributed by atoms with Gasteiger partial charge in [-0.2, -0.15) is 0 Å². The highest BCUT2D eigenvalue weighted by Crippen LogP contribution is 2.53. The van der Waals surface area contributed by atoms with E-state index in [1.54, 1.807) is 5.57 Å². The normalized spacial score (nSPS) is 45.5. The number of aliphatic hydroxyl groups is 1. The van der Waals surface area contributed by atoms with Crippen LogP contribution in [0.25, 0.3) is 0 Å². The lowest BCUT2D eigenvalue weighted by molar-refractivity contribution is 0.0795. The Morgan fingerprint density at radius 3 is 2.83 bits per heavy atom. The summed E-state index contributed by atoms with van der Waals surface area (Å²) in [5.74, 6) is 4.61. The Kier molecular flexibility index (Phi) is 4.56. The maximum atomic E-state index is 9.74. The zero-order chi connectivity index (χ0) is 16.7. The Labute approximate surface area is 147 Å². The molecule has 2 saturated carbocycles. The molecule has 2 fully saturated rings. The van der Waals surface area contributed by atoms with Gasteiger partial charge in [0.05, 0.1) is 0 Å². The van der Waals surface area contributed by atoms with Crippen molar-refractivity contribution in [2.45, 2.75) is 51.9 Å². The van der Waals surface area contributed by atoms with E-state index >= 15 is 0 Å². The van der Waals surface area contributed by atoms with E-state index in [2.05, 4.69) is 37.8 Å². The number of hydrogen-bond donors (Lipinski definition) is 1. The molecule has 0 aromatic carbocycles. The van der Waals surface area contributed by atoms with Crippen LogP contribution in [0.5, 0.6) is 0 Å². The van der Waals surface area contributed by atoms with Gasteiger partial charge in [0.15, 0.2) is 0 Å². The van der Waals surface area contributed by atoms with Crippen molar-refractivity contribution in [3.63, 3.8) is 0 Å². The maximum Gasteiger partial charge on any atom is 0.0462 e. The molecule has 6 unspecified atom stereocenters. The van der Waals surface area contributed by atoms with Gasteiger partial charge in [0.2, 0.25) is 0 Å². The summed E-state index contributed by atoms with van der Waals surface area (Å²) >= 11 is 0. The van der Waals surface area contributed by atoms with Crippen LogP contribution in [-0.4, -0.2) is 11.7 Å². The third-order valence-corrected chi connectivity index (χ3v) is 7.22. The Morgan fingerprint density at radius 1 is 1.12 bits per heavy atom. The van der Waals surface area contributed by atoms with Gasteiger partial charge < -0.3 is 5.11 Å². The predicted molar refractivity (Wildman–Crippen MR) is 100 cm³/mol. The molecule has 4 rings (SSSR count). The molecule has 0 aromatic heterocycles. The second-order valence-electron chi connectivity index (χ2n) is 8.95. The summed E-state index contributed by atoms with van der Waals surface area (Å²) in [6, 6.07) is 0. The van der Waals surface area contributed by atoms with Crippen LogP contribution in [0.2, 0.25) is 0 Å². The molecule has 24 heavy (non-hydrogen) atoms. The van der Waals surface area contributed by atoms with E-state index in [-0.39, 0.29) is 0 Å². The first kappa shape index (κ1) is 16.4. The molecule has 130 valence electrons. The average molecular weight is 325 g/mol. The SMILES string of the molecule is C=C1C/C(C)=C/C=C\C2=CC2CC2CC3C(CO)CCC3CC2C1. The fourth-order valence-corrected chi connectivity index (χ4v) is 5.92. The van der Waals surface area contributed by atoms with E-state index in [9.17, 15) is 5.11 Å². The van der Waals surface area contributed by atoms with Crippen LogP contribution in [0.3, 0.4) is 0 Å². The highest BCUT2D eigenvalue weighted by atomic mass is 16.3. The fourth-order valence-electron chi connectivity index (χ4n) is 5.92. The van der Waals surface area contributed by atoms with E-state index in [0.29, 0.717) is 12.5 Å². The lowest BCUT2D eigenvalue weighted by atomic mass is 9.64. The molecule has 1 nitrogen and oxygen atoms in total. The molecule has 0 radical (unpaired) electrons. The summed E-state index contributed by atoms with van der Waals surface area (Å²) in [4.78, 5) is 0. The standard InChI is InChI=1S/C23H32O/c1-15-4-3-5-17-10-21(17)12-22-13-23-18(6-7-19(23)14-24)11-20(22)9-16(2)8-15/h3-5,10,18-24H,2,6-9,11-14H2,1H3/b5-3-,15-4+. The van der Waals surface area contributed by atoms with Gasteiger partial charge in [-0.1, -0.05) is 42.0 Å². The molecule has 0 aromatic rings. The van der Waals surface area contributed by atoms with Gasteiger partial charge in [0.1, 0.15) is 0 Å². The van der Waals surface area contributed by atoms with Crippen LogP contribution in [0.4, 0.5) is 0 Å². The van der Waals surface area contributed by atoms with Crippen molar-refractivity contribution >= 4 is 0 Å². The molecule has 6 atom stereocenters. The Balaban J connectivity index is 1.53. The van der Waals surface area contributed by atoms with E-state index in [1.807, 2.05) is 0 Å². The topological polar surface area (TPSA) is 20.2 Å². The number of rotatable bonds is 1. The summed E-state index contributed by atoms with van der Waals surface area (Å²) in [5, 5.41) is 9.74. The molecule has 0 bridgehead atoms. The van der Waals surface area contributed by atoms with E-state index in [4.69, 9.17) is 0 Å². The van der Waals surface area contributed by atoms with Crippen molar-refractivity contribution in [1.82, 2.24) is 0 Å². The largest absolute Gasteiger partial charge is 0.396 e. The summed E-state index contributed by atoms with van der Waals surface area (Å²) in [7, 11) is 0. The number of aliphatic hydroxyl groups excluding tert-OH is 1. The summed E-state index contributed by atoms with van der Waals surface area (Å²) in [6.07, 6.45) is 18.2. The predicted octanol–water partition coefficient (Wildman–Crippen LogP) is 5.45. The monoisotopic (exact) mass is 324 g/mol. The third-order valence-electron chi connectivity index (χ3n) is 7.22. The molecule has 1 N–H and O–H groups in total. The van der Waals surface area contributed by atoms with Crippen LogP contribution >= 0.6 is 0 Å². The van der Waals surface area contributed by atoms with Gasteiger partial charge in [0.25, 0.3) is 0 Å². The van der Waals surface area contributed by atoms with Crippen molar-refractivity contribution in [3.8, 4) is 0 Å². The quantitative estimate of drug-likeness (QED) is 0.636. The molecule has 0 aliphatic heterocycles. The summed E-state index contributed by atoms with van der Waals surface area (Å²) < 4.78 is 0. The lowest BCUT2D eigenvalue weighted by Crippen LogP contribution is -2.33. The number of hydrogen-bond acceptors (Lipinski definition) is 1. The highest BCUT2D eigenvalue weighted by molar-refractivity contribution is 5.41. The molecule has 0 amide bonds. The zero-order valence-electron chi connectivity index (χ0n) is 15.1. The van der Waals surface area contributed by atoms with Crippen LogP contribution in [0.1, 0.15) is 51.9 Å². The van der Waals surface area contributed by atoms with Gasteiger partial charge in [-0.3, -0.25) is 0 Å². The van der Waals surface area contributed by atoms with Gasteiger partial charge >= 0.3 is 0 Å². The highest BCUT2D eigenvalue weighted by Gasteiger charge is 2.44. The van der Waals surface area contributed by atoms with Crippen molar-refractivity contribution < 1.29 is 5.11 Å². The molecule has 0 heterocycles. The van der Waals surface area contributed by atoms with Gasteiger partial charge in [-0.25, -0.2) is 0 Å². The smallest absolute Gasteiger partial charge is 0.0462 e. The Morgan fingerprint density at radius 2 is 2.00 bits per heavy atom. The van der Waals surface area contributed by atoms with Crippen LogP contribution in [0.15, 0.2) is 47.6 Å². The van der Waals surface area contributed by atoms with E-state index in [0.717, 1.165) is 36.0 Å². The lowest BCUT2D eigenvalue weighted by Gasteiger charge is -2.41. The van der Waals surface area contributed by atoms with Crippen LogP contribution in [0, 0.1) is 35.5 Å². The maximum absolute atomic E-state index is 9.74. The van der Waals surface area contributed by atoms with Crippen molar-refractivity contribution in [3.05, 3.63) is 47.6 Å². The van der Waals surface area contributed by atoms with Crippen molar-refractivity contribution in [2.24, 2.45) is 35.5 Å². The van der Waals surface area contributed by atoms with Crippen LogP contribution in [-0.2, 0) is 0 Å². The molecule has 0 saturated heterocycles. The Bertz CT molecular complexity index is 593. The minimum absolute atomic E-state index is 0.408. The van der Waals surface area contributed by atoms with E-state index < -0.39 is 0 Å². The molecule has 4 aliphatic rings. The van der Waals surface area contributed by atoms with Crippen LogP contribution < -0.4 is 0 Å². The van der Waals surface area contributed by atoms with E-state index in [1.165, 1.54) is 49.7 Å². The van der Waals surface area contributed by atoms with Gasteiger partial charge in [-0.15, -0.1) is 0 Å². The third kappa shape index (κ3) is 3.33. The molecule has 1 heteroatoms. The second-order valence-corrected chi connectivity index (χ2v) is 8.95. The first-order chi connectivity index (χ1) is 11.6. The fraction of sp³-hybridized carbons (Fsp3) is 0.652. The molecular weight excluding hydrogens is 292 g/mol. The van der Waals surface area contributed by atoms with Crippen molar-refractivity contribution in [2.75, 3.05) is 6.61 Å². The first-order valence-corrected chi connectivity index (χ1v) is 9.97.